The molecular formula is C8H12FNS. The van der Waals surface area contributed by atoms with E-state index in [0.29, 0.717) is 6.42 Å². The van der Waals surface area contributed by atoms with Crippen LogP contribution in [0.2, 0.25) is 0 Å². The van der Waals surface area contributed by atoms with Crippen molar-refractivity contribution < 1.29 is 4.39 Å². The average molecular weight is 173 g/mol. The minimum Gasteiger partial charge on any atom is -0.312 e. The second kappa shape index (κ2) is 5.27. The Morgan fingerprint density at radius 1 is 1.55 bits per heavy atom. The molecule has 0 fully saturated rings. The normalized spacial score (nSPS) is 10.3. The first-order valence-corrected chi connectivity index (χ1v) is 4.60. The largest absolute Gasteiger partial charge is 0.312 e. The fourth-order valence-electron chi connectivity index (χ4n) is 0.817. The van der Waals surface area contributed by atoms with Gasteiger partial charge in [-0.3, -0.25) is 4.39 Å². The monoisotopic (exact) mass is 173 g/mol. The molecule has 1 aromatic rings. The Kier molecular flexibility index (Phi) is 4.16. The van der Waals surface area contributed by atoms with Gasteiger partial charge in [-0.15, -0.1) is 11.3 Å². The number of thiophene rings is 1. The SMILES string of the molecule is FCCCNCc1cccs1. The molecule has 0 unspecified atom stereocenters. The highest BCUT2D eigenvalue weighted by atomic mass is 32.1. The van der Waals surface area contributed by atoms with Crippen LogP contribution in [-0.2, 0) is 6.54 Å². The number of alkyl halides is 1. The van der Waals surface area contributed by atoms with E-state index in [2.05, 4.69) is 11.4 Å². The van der Waals surface area contributed by atoms with E-state index in [-0.39, 0.29) is 6.67 Å². The van der Waals surface area contributed by atoms with Crippen molar-refractivity contribution in [2.75, 3.05) is 13.2 Å². The van der Waals surface area contributed by atoms with Crippen LogP contribution in [0.15, 0.2) is 17.5 Å². The van der Waals surface area contributed by atoms with E-state index in [1.807, 2.05) is 11.4 Å². The van der Waals surface area contributed by atoms with Crippen LogP contribution in [0, 0.1) is 0 Å². The van der Waals surface area contributed by atoms with Crippen LogP contribution in [0.3, 0.4) is 0 Å². The third-order valence-corrected chi connectivity index (χ3v) is 2.24. The van der Waals surface area contributed by atoms with Gasteiger partial charge < -0.3 is 5.32 Å². The predicted molar refractivity (Wildman–Crippen MR) is 46.6 cm³/mol. The summed E-state index contributed by atoms with van der Waals surface area (Å²) >= 11 is 1.72. The molecule has 11 heavy (non-hydrogen) atoms. The Bertz CT molecular complexity index is 174. The summed E-state index contributed by atoms with van der Waals surface area (Å²) < 4.78 is 11.6. The van der Waals surface area contributed by atoms with Crippen LogP contribution in [0.4, 0.5) is 4.39 Å². The first kappa shape index (κ1) is 8.68. The van der Waals surface area contributed by atoms with Crippen molar-refractivity contribution >= 4 is 11.3 Å². The maximum Gasteiger partial charge on any atom is 0.0906 e. The Hall–Kier alpha value is -0.410. The Morgan fingerprint density at radius 3 is 3.09 bits per heavy atom. The molecule has 0 aliphatic carbocycles. The van der Waals surface area contributed by atoms with Gasteiger partial charge in [0.1, 0.15) is 0 Å². The molecular weight excluding hydrogens is 161 g/mol. The maximum atomic E-state index is 11.6. The molecule has 1 rings (SSSR count). The molecule has 0 aliphatic heterocycles. The number of halogens is 1. The van der Waals surface area contributed by atoms with E-state index in [1.54, 1.807) is 11.3 Å². The highest BCUT2D eigenvalue weighted by molar-refractivity contribution is 7.09. The van der Waals surface area contributed by atoms with E-state index < -0.39 is 0 Å². The highest BCUT2D eigenvalue weighted by Crippen LogP contribution is 2.06. The summed E-state index contributed by atoms with van der Waals surface area (Å²) in [6.45, 7) is 1.42. The smallest absolute Gasteiger partial charge is 0.0906 e. The van der Waals surface area contributed by atoms with Crippen molar-refractivity contribution in [2.45, 2.75) is 13.0 Å². The molecule has 0 amide bonds. The summed E-state index contributed by atoms with van der Waals surface area (Å²) in [5.74, 6) is 0. The van der Waals surface area contributed by atoms with Crippen LogP contribution in [0.5, 0.6) is 0 Å². The lowest BCUT2D eigenvalue weighted by Crippen LogP contribution is -2.14. The van der Waals surface area contributed by atoms with E-state index in [9.17, 15) is 4.39 Å². The van der Waals surface area contributed by atoms with E-state index >= 15 is 0 Å². The van der Waals surface area contributed by atoms with Crippen LogP contribution < -0.4 is 5.32 Å². The molecule has 1 heterocycles. The lowest BCUT2D eigenvalue weighted by Gasteiger charge is -1.98. The molecule has 0 aromatic carbocycles. The van der Waals surface area contributed by atoms with Crippen molar-refractivity contribution in [2.24, 2.45) is 0 Å². The molecule has 3 heteroatoms. The van der Waals surface area contributed by atoms with Gasteiger partial charge in [0.25, 0.3) is 0 Å². The van der Waals surface area contributed by atoms with Gasteiger partial charge in [-0.2, -0.15) is 0 Å². The fourth-order valence-corrected chi connectivity index (χ4v) is 1.49. The van der Waals surface area contributed by atoms with Gasteiger partial charge in [0.05, 0.1) is 6.67 Å². The number of rotatable bonds is 5. The Balaban J connectivity index is 2.04. The van der Waals surface area contributed by atoms with Crippen molar-refractivity contribution in [1.29, 1.82) is 0 Å². The number of hydrogen-bond donors (Lipinski definition) is 1. The molecule has 0 bridgehead atoms. The number of nitrogens with one attached hydrogen (secondary N) is 1. The van der Waals surface area contributed by atoms with Crippen LogP contribution in [-0.4, -0.2) is 13.2 Å². The van der Waals surface area contributed by atoms with Crippen molar-refractivity contribution in [3.63, 3.8) is 0 Å². The third kappa shape index (κ3) is 3.49. The summed E-state index contributed by atoms with van der Waals surface area (Å²) in [6.07, 6.45) is 0.616. The zero-order valence-corrected chi connectivity index (χ0v) is 7.16. The summed E-state index contributed by atoms with van der Waals surface area (Å²) in [7, 11) is 0. The van der Waals surface area contributed by atoms with Gasteiger partial charge in [0, 0.05) is 11.4 Å². The maximum absolute atomic E-state index is 11.6. The molecule has 1 nitrogen and oxygen atoms in total. The lowest BCUT2D eigenvalue weighted by molar-refractivity contribution is 0.459. The summed E-state index contributed by atoms with van der Waals surface area (Å²) in [5.41, 5.74) is 0. The van der Waals surface area contributed by atoms with Gasteiger partial charge in [-0.05, 0) is 24.4 Å². The molecule has 0 spiro atoms. The molecule has 0 radical (unpaired) electrons. The van der Waals surface area contributed by atoms with Crippen molar-refractivity contribution in [3.8, 4) is 0 Å². The second-order valence-corrected chi connectivity index (χ2v) is 3.33. The molecule has 0 aliphatic rings. The summed E-state index contributed by atoms with van der Waals surface area (Å²) in [4.78, 5) is 1.31. The minimum atomic E-state index is -0.225. The fraction of sp³-hybridized carbons (Fsp3) is 0.500. The summed E-state index contributed by atoms with van der Waals surface area (Å²) in [5, 5.41) is 5.21. The molecule has 0 saturated carbocycles. The van der Waals surface area contributed by atoms with Crippen LogP contribution >= 0.6 is 11.3 Å². The van der Waals surface area contributed by atoms with Gasteiger partial charge >= 0.3 is 0 Å². The van der Waals surface area contributed by atoms with Crippen LogP contribution in [0.25, 0.3) is 0 Å². The highest BCUT2D eigenvalue weighted by Gasteiger charge is 1.91. The molecule has 1 N–H and O–H groups in total. The quantitative estimate of drug-likeness (QED) is 0.673. The second-order valence-electron chi connectivity index (χ2n) is 2.30. The van der Waals surface area contributed by atoms with Crippen molar-refractivity contribution in [1.82, 2.24) is 5.32 Å². The standard InChI is InChI=1S/C8H12FNS/c9-4-2-5-10-7-8-3-1-6-11-8/h1,3,6,10H,2,4-5,7H2. The van der Waals surface area contributed by atoms with Gasteiger partial charge in [-0.1, -0.05) is 6.07 Å². The van der Waals surface area contributed by atoms with Crippen molar-refractivity contribution in [3.05, 3.63) is 22.4 Å². The zero-order chi connectivity index (χ0) is 7.94. The zero-order valence-electron chi connectivity index (χ0n) is 6.35. The first-order valence-electron chi connectivity index (χ1n) is 3.72. The third-order valence-electron chi connectivity index (χ3n) is 1.37. The molecule has 0 atom stereocenters. The van der Waals surface area contributed by atoms with E-state index in [0.717, 1.165) is 13.1 Å². The lowest BCUT2D eigenvalue weighted by atomic mass is 10.4. The summed E-state index contributed by atoms with van der Waals surface area (Å²) in [6, 6.07) is 4.10. The molecule has 62 valence electrons. The van der Waals surface area contributed by atoms with Crippen LogP contribution in [0.1, 0.15) is 11.3 Å². The first-order chi connectivity index (χ1) is 5.43. The van der Waals surface area contributed by atoms with Gasteiger partial charge in [-0.25, -0.2) is 0 Å². The number of hydrogen-bond acceptors (Lipinski definition) is 2. The molecule has 1 aromatic heterocycles. The molecule has 0 saturated heterocycles. The topological polar surface area (TPSA) is 12.0 Å². The van der Waals surface area contributed by atoms with E-state index in [4.69, 9.17) is 0 Å². The van der Waals surface area contributed by atoms with E-state index in [1.165, 1.54) is 4.88 Å². The van der Waals surface area contributed by atoms with Gasteiger partial charge in [0.15, 0.2) is 0 Å². The average Bonchev–Trinajstić information content (AvgIpc) is 2.50. The van der Waals surface area contributed by atoms with Gasteiger partial charge in [0.2, 0.25) is 0 Å². The Morgan fingerprint density at radius 2 is 2.45 bits per heavy atom. The Labute approximate surface area is 70.2 Å². The minimum absolute atomic E-state index is 0.225. The predicted octanol–water partition coefficient (Wildman–Crippen LogP) is 2.20.